The van der Waals surface area contributed by atoms with Crippen molar-refractivity contribution in [3.8, 4) is 0 Å². The summed E-state index contributed by atoms with van der Waals surface area (Å²) < 4.78 is 37.0. The van der Waals surface area contributed by atoms with E-state index in [4.69, 9.17) is 14.4 Å². The van der Waals surface area contributed by atoms with Gasteiger partial charge in [-0.1, -0.05) is 17.3 Å². The molecule has 2 aromatic rings. The maximum absolute atomic E-state index is 12.9. The van der Waals surface area contributed by atoms with Gasteiger partial charge in [0.25, 0.3) is 5.91 Å². The fourth-order valence-electron chi connectivity index (χ4n) is 3.21. The molecule has 0 atom stereocenters. The van der Waals surface area contributed by atoms with Crippen LogP contribution < -0.4 is 4.90 Å². The van der Waals surface area contributed by atoms with Gasteiger partial charge in [0.2, 0.25) is 5.89 Å². The molecule has 1 aromatic heterocycles. The van der Waals surface area contributed by atoms with Crippen LogP contribution in [0.3, 0.4) is 0 Å². The molecule has 31 heavy (non-hydrogen) atoms. The molecule has 8 nitrogen and oxygen atoms in total. The van der Waals surface area contributed by atoms with E-state index in [0.29, 0.717) is 24.2 Å². The highest BCUT2D eigenvalue weighted by atomic mass is 19.4. The second-order valence-corrected chi connectivity index (χ2v) is 7.50. The first kappa shape index (κ1) is 22.6. The third-order valence-electron chi connectivity index (χ3n) is 4.96. The normalized spacial score (nSPS) is 15.9. The van der Waals surface area contributed by atoms with Crippen molar-refractivity contribution in [2.24, 2.45) is 0 Å². The number of carbonyl (C=O) groups is 2. The molecule has 1 aromatic carbocycles. The number of hydrogen-bond acceptors (Lipinski definition) is 6. The molecule has 168 valence electrons. The number of nitrogens with zero attached hydrogens (tertiary/aromatic N) is 4. The Morgan fingerprint density at radius 2 is 1.84 bits per heavy atom. The first-order chi connectivity index (χ1) is 14.7. The van der Waals surface area contributed by atoms with E-state index in [1.807, 2.05) is 24.3 Å². The summed E-state index contributed by atoms with van der Waals surface area (Å²) in [5.74, 6) is -1.04. The van der Waals surface area contributed by atoms with E-state index in [1.54, 1.807) is 11.9 Å². The number of benzene rings is 1. The standard InChI is InChI=1S/C18H22N4O2.C2HF3O2/c1-21(12-16-19-17(24-20-16)13-8-9-13)18(23)14-6-2-3-7-15(14)22-10-4-5-11-22;3-2(4,5)1(6)7/h2-3,6-7,13H,4-5,8-12H2,1H3;(H,6,7). The summed E-state index contributed by atoms with van der Waals surface area (Å²) in [6.07, 6.45) is -0.463. The van der Waals surface area contributed by atoms with Crippen molar-refractivity contribution >= 4 is 17.6 Å². The monoisotopic (exact) mass is 440 g/mol. The minimum absolute atomic E-state index is 0.00438. The quantitative estimate of drug-likeness (QED) is 0.760. The van der Waals surface area contributed by atoms with Gasteiger partial charge in [0.15, 0.2) is 5.82 Å². The average molecular weight is 440 g/mol. The molecule has 1 aliphatic carbocycles. The van der Waals surface area contributed by atoms with E-state index in [1.165, 1.54) is 12.8 Å². The van der Waals surface area contributed by atoms with Crippen LogP contribution in [-0.4, -0.2) is 58.3 Å². The Morgan fingerprint density at radius 1 is 1.23 bits per heavy atom. The van der Waals surface area contributed by atoms with Crippen molar-refractivity contribution in [1.29, 1.82) is 0 Å². The Labute approximate surface area is 176 Å². The van der Waals surface area contributed by atoms with E-state index in [0.717, 1.165) is 37.2 Å². The van der Waals surface area contributed by atoms with E-state index in [-0.39, 0.29) is 5.91 Å². The Kier molecular flexibility index (Phi) is 6.81. The van der Waals surface area contributed by atoms with Gasteiger partial charge in [0.05, 0.1) is 12.1 Å². The van der Waals surface area contributed by atoms with Crippen molar-refractivity contribution in [3.63, 3.8) is 0 Å². The molecule has 0 radical (unpaired) electrons. The molecule has 2 heterocycles. The molecule has 4 rings (SSSR count). The lowest BCUT2D eigenvalue weighted by atomic mass is 10.1. The van der Waals surface area contributed by atoms with Gasteiger partial charge in [-0.2, -0.15) is 18.2 Å². The topological polar surface area (TPSA) is 99.8 Å². The number of aromatic nitrogens is 2. The first-order valence-electron chi connectivity index (χ1n) is 9.89. The molecule has 0 bridgehead atoms. The fourth-order valence-corrected chi connectivity index (χ4v) is 3.21. The number of rotatable bonds is 5. The van der Waals surface area contributed by atoms with Crippen LogP contribution in [0.25, 0.3) is 0 Å². The Morgan fingerprint density at radius 3 is 2.42 bits per heavy atom. The molecule has 2 aliphatic rings. The highest BCUT2D eigenvalue weighted by molar-refractivity contribution is 5.99. The summed E-state index contributed by atoms with van der Waals surface area (Å²) in [4.78, 5) is 30.2. The van der Waals surface area contributed by atoms with Gasteiger partial charge in [0, 0.05) is 31.7 Å². The van der Waals surface area contributed by atoms with Gasteiger partial charge >= 0.3 is 12.1 Å². The average Bonchev–Trinajstić information content (AvgIpc) is 3.23. The highest BCUT2D eigenvalue weighted by Gasteiger charge is 2.38. The van der Waals surface area contributed by atoms with Gasteiger partial charge < -0.3 is 19.4 Å². The first-order valence-corrected chi connectivity index (χ1v) is 9.89. The lowest BCUT2D eigenvalue weighted by Crippen LogP contribution is -2.29. The number of amides is 1. The van der Waals surface area contributed by atoms with Crippen LogP contribution in [0.5, 0.6) is 0 Å². The summed E-state index contributed by atoms with van der Waals surface area (Å²) in [6.45, 7) is 2.40. The summed E-state index contributed by atoms with van der Waals surface area (Å²) in [7, 11) is 1.79. The summed E-state index contributed by atoms with van der Waals surface area (Å²) in [5, 5.41) is 11.1. The van der Waals surface area contributed by atoms with Crippen LogP contribution in [0, 0.1) is 0 Å². The number of halogens is 3. The molecular weight excluding hydrogens is 417 g/mol. The highest BCUT2D eigenvalue weighted by Crippen LogP contribution is 2.38. The zero-order chi connectivity index (χ0) is 22.6. The molecule has 2 fully saturated rings. The molecule has 1 N–H and O–H groups in total. The molecule has 0 spiro atoms. The number of anilines is 1. The Balaban J connectivity index is 0.000000339. The van der Waals surface area contributed by atoms with E-state index >= 15 is 0 Å². The molecule has 0 unspecified atom stereocenters. The molecule has 1 amide bonds. The zero-order valence-electron chi connectivity index (χ0n) is 16.9. The number of hydrogen-bond donors (Lipinski definition) is 1. The zero-order valence-corrected chi connectivity index (χ0v) is 16.9. The predicted molar refractivity (Wildman–Crippen MR) is 104 cm³/mol. The van der Waals surface area contributed by atoms with Gasteiger partial charge in [-0.3, -0.25) is 4.79 Å². The van der Waals surface area contributed by atoms with Crippen molar-refractivity contribution in [2.45, 2.75) is 44.3 Å². The van der Waals surface area contributed by atoms with E-state index < -0.39 is 12.1 Å². The van der Waals surface area contributed by atoms with Crippen molar-refractivity contribution in [2.75, 3.05) is 25.0 Å². The molecule has 1 aliphatic heterocycles. The number of para-hydroxylation sites is 1. The fraction of sp³-hybridized carbons (Fsp3) is 0.500. The summed E-state index contributed by atoms with van der Waals surface area (Å²) in [6, 6.07) is 7.84. The van der Waals surface area contributed by atoms with Crippen LogP contribution in [0.15, 0.2) is 28.8 Å². The van der Waals surface area contributed by atoms with Crippen LogP contribution in [0.1, 0.15) is 53.7 Å². The van der Waals surface area contributed by atoms with Crippen molar-refractivity contribution in [1.82, 2.24) is 15.0 Å². The Hall–Kier alpha value is -3.11. The second kappa shape index (κ2) is 9.36. The lowest BCUT2D eigenvalue weighted by Gasteiger charge is -2.23. The molecule has 1 saturated heterocycles. The van der Waals surface area contributed by atoms with E-state index in [9.17, 15) is 18.0 Å². The third-order valence-corrected chi connectivity index (χ3v) is 4.96. The molecule has 1 saturated carbocycles. The van der Waals surface area contributed by atoms with Gasteiger partial charge in [-0.15, -0.1) is 0 Å². The number of aliphatic carboxylic acids is 1. The van der Waals surface area contributed by atoms with Crippen LogP contribution in [0.2, 0.25) is 0 Å². The van der Waals surface area contributed by atoms with Crippen LogP contribution in [-0.2, 0) is 11.3 Å². The Bertz CT molecular complexity index is 921. The van der Waals surface area contributed by atoms with Gasteiger partial charge in [-0.25, -0.2) is 4.79 Å². The van der Waals surface area contributed by atoms with Gasteiger partial charge in [0.1, 0.15) is 0 Å². The summed E-state index contributed by atoms with van der Waals surface area (Å²) in [5.41, 5.74) is 1.77. The lowest BCUT2D eigenvalue weighted by molar-refractivity contribution is -0.192. The largest absolute Gasteiger partial charge is 0.490 e. The summed E-state index contributed by atoms with van der Waals surface area (Å²) >= 11 is 0. The van der Waals surface area contributed by atoms with Gasteiger partial charge in [-0.05, 0) is 37.8 Å². The maximum atomic E-state index is 12.9. The SMILES string of the molecule is CN(Cc1noc(C2CC2)n1)C(=O)c1ccccc1N1CCCC1.O=C(O)C(F)(F)F. The minimum atomic E-state index is -5.08. The number of carboxylic acids is 1. The second-order valence-electron chi connectivity index (χ2n) is 7.50. The third kappa shape index (κ3) is 5.96. The predicted octanol–water partition coefficient (Wildman–Crippen LogP) is 3.45. The smallest absolute Gasteiger partial charge is 0.475 e. The maximum Gasteiger partial charge on any atom is 0.490 e. The van der Waals surface area contributed by atoms with Crippen LogP contribution >= 0.6 is 0 Å². The molecular formula is C20H23F3N4O4. The number of carbonyl (C=O) groups excluding carboxylic acids is 1. The number of alkyl halides is 3. The van der Waals surface area contributed by atoms with Crippen molar-refractivity contribution in [3.05, 3.63) is 41.5 Å². The number of carboxylic acid groups (broad SMARTS) is 1. The molecule has 11 heteroatoms. The van der Waals surface area contributed by atoms with Crippen molar-refractivity contribution < 1.29 is 32.4 Å². The van der Waals surface area contributed by atoms with Crippen LogP contribution in [0.4, 0.5) is 18.9 Å². The van der Waals surface area contributed by atoms with E-state index in [2.05, 4.69) is 15.0 Å². The minimum Gasteiger partial charge on any atom is -0.475 e.